The molecule has 4 heteroatoms. The molecule has 0 aromatic carbocycles. The van der Waals surface area contributed by atoms with E-state index in [1.165, 1.54) is 0 Å². The zero-order chi connectivity index (χ0) is 12.6. The van der Waals surface area contributed by atoms with Gasteiger partial charge >= 0.3 is 0 Å². The predicted octanol–water partition coefficient (Wildman–Crippen LogP) is 1.63. The van der Waals surface area contributed by atoms with Crippen LogP contribution in [0.4, 0.5) is 4.39 Å². The zero-order valence-electron chi connectivity index (χ0n) is 10.9. The summed E-state index contributed by atoms with van der Waals surface area (Å²) < 4.78 is 13.3. The van der Waals surface area contributed by atoms with E-state index in [-0.39, 0.29) is 11.3 Å². The van der Waals surface area contributed by atoms with Crippen molar-refractivity contribution in [2.45, 2.75) is 44.7 Å². The van der Waals surface area contributed by atoms with Gasteiger partial charge in [0.2, 0.25) is 5.91 Å². The van der Waals surface area contributed by atoms with Gasteiger partial charge < -0.3 is 10.6 Å². The summed E-state index contributed by atoms with van der Waals surface area (Å²) in [5.74, 6) is 1.20. The van der Waals surface area contributed by atoms with E-state index in [2.05, 4.69) is 10.6 Å². The summed E-state index contributed by atoms with van der Waals surface area (Å²) in [6.45, 7) is 2.65. The summed E-state index contributed by atoms with van der Waals surface area (Å²) in [5.41, 5.74) is -0.188. The van der Waals surface area contributed by atoms with Crippen molar-refractivity contribution in [3.05, 3.63) is 0 Å². The Balaban J connectivity index is 1.76. The van der Waals surface area contributed by atoms with Crippen LogP contribution in [0.3, 0.4) is 0 Å². The van der Waals surface area contributed by atoms with Crippen molar-refractivity contribution in [3.8, 4) is 0 Å². The molecule has 18 heavy (non-hydrogen) atoms. The molecule has 3 aliphatic rings. The van der Waals surface area contributed by atoms with Crippen LogP contribution in [0.2, 0.25) is 0 Å². The average molecular weight is 254 g/mol. The fourth-order valence-electron chi connectivity index (χ4n) is 4.28. The minimum absolute atomic E-state index is 0.188. The second-order valence-electron chi connectivity index (χ2n) is 6.27. The van der Waals surface area contributed by atoms with E-state index in [0.29, 0.717) is 24.7 Å². The van der Waals surface area contributed by atoms with E-state index in [0.717, 1.165) is 45.3 Å². The average Bonchev–Trinajstić information content (AvgIpc) is 2.70. The number of piperidine rings is 1. The molecular weight excluding hydrogens is 231 g/mol. The Hall–Kier alpha value is -0.640. The fraction of sp³-hybridized carbons (Fsp3) is 0.929. The number of rotatable bonds is 1. The lowest BCUT2D eigenvalue weighted by atomic mass is 9.64. The number of amides is 1. The third kappa shape index (κ3) is 1.94. The summed E-state index contributed by atoms with van der Waals surface area (Å²) in [4.78, 5) is 12.2. The number of carbonyl (C=O) groups excluding carboxylic acids is 1. The van der Waals surface area contributed by atoms with Crippen LogP contribution < -0.4 is 10.6 Å². The molecule has 2 atom stereocenters. The first-order valence-corrected chi connectivity index (χ1v) is 7.35. The molecule has 2 saturated heterocycles. The summed E-state index contributed by atoms with van der Waals surface area (Å²) in [6, 6.07) is 0. The third-order valence-corrected chi connectivity index (χ3v) is 5.33. The number of hydrogen-bond acceptors (Lipinski definition) is 2. The Labute approximate surface area is 108 Å². The number of nitrogens with one attached hydrogen (secondary N) is 2. The highest BCUT2D eigenvalue weighted by molar-refractivity contribution is 5.85. The second-order valence-corrected chi connectivity index (χ2v) is 6.27. The lowest BCUT2D eigenvalue weighted by Crippen LogP contribution is -2.50. The topological polar surface area (TPSA) is 41.1 Å². The van der Waals surface area contributed by atoms with E-state index in [1.54, 1.807) is 0 Å². The molecule has 3 fully saturated rings. The second kappa shape index (κ2) is 4.80. The predicted molar refractivity (Wildman–Crippen MR) is 67.9 cm³/mol. The van der Waals surface area contributed by atoms with Crippen LogP contribution in [-0.4, -0.2) is 31.7 Å². The van der Waals surface area contributed by atoms with Crippen LogP contribution >= 0.6 is 0 Å². The molecule has 1 spiro atoms. The maximum absolute atomic E-state index is 13.3. The van der Waals surface area contributed by atoms with Gasteiger partial charge in [0.1, 0.15) is 6.17 Å². The van der Waals surface area contributed by atoms with Gasteiger partial charge in [0.15, 0.2) is 0 Å². The number of halogens is 1. The molecule has 0 aromatic heterocycles. The van der Waals surface area contributed by atoms with Crippen molar-refractivity contribution in [2.24, 2.45) is 17.3 Å². The van der Waals surface area contributed by atoms with Crippen LogP contribution in [0.5, 0.6) is 0 Å². The smallest absolute Gasteiger partial charge is 0.227 e. The number of alkyl halides is 1. The Kier molecular flexibility index (Phi) is 3.31. The van der Waals surface area contributed by atoms with Crippen molar-refractivity contribution in [1.82, 2.24) is 10.6 Å². The minimum Gasteiger partial charge on any atom is -0.355 e. The van der Waals surface area contributed by atoms with Gasteiger partial charge in [-0.1, -0.05) is 0 Å². The summed E-state index contributed by atoms with van der Waals surface area (Å²) in [5, 5.41) is 6.46. The molecule has 1 amide bonds. The van der Waals surface area contributed by atoms with Crippen LogP contribution in [0.1, 0.15) is 38.5 Å². The van der Waals surface area contributed by atoms with Crippen LogP contribution in [0.25, 0.3) is 0 Å². The van der Waals surface area contributed by atoms with E-state index < -0.39 is 6.17 Å². The Morgan fingerprint density at radius 1 is 1.22 bits per heavy atom. The van der Waals surface area contributed by atoms with Gasteiger partial charge in [0.25, 0.3) is 0 Å². The van der Waals surface area contributed by atoms with Gasteiger partial charge in [-0.3, -0.25) is 4.79 Å². The van der Waals surface area contributed by atoms with Gasteiger partial charge in [0, 0.05) is 13.1 Å². The molecule has 0 bridgehead atoms. The van der Waals surface area contributed by atoms with E-state index in [1.807, 2.05) is 0 Å². The minimum atomic E-state index is -0.605. The first-order chi connectivity index (χ1) is 8.72. The molecule has 2 aliphatic heterocycles. The molecule has 2 unspecified atom stereocenters. The quantitative estimate of drug-likeness (QED) is 0.747. The maximum atomic E-state index is 13.3. The summed E-state index contributed by atoms with van der Waals surface area (Å²) in [6.07, 6.45) is 4.80. The fourth-order valence-corrected chi connectivity index (χ4v) is 4.28. The van der Waals surface area contributed by atoms with Gasteiger partial charge in [0.05, 0.1) is 5.41 Å². The largest absolute Gasteiger partial charge is 0.355 e. The van der Waals surface area contributed by atoms with Gasteiger partial charge in [-0.15, -0.1) is 0 Å². The number of hydrogen-bond donors (Lipinski definition) is 2. The van der Waals surface area contributed by atoms with Crippen molar-refractivity contribution in [1.29, 1.82) is 0 Å². The molecule has 3 rings (SSSR count). The third-order valence-electron chi connectivity index (χ3n) is 5.33. The molecule has 2 N–H and O–H groups in total. The van der Waals surface area contributed by atoms with E-state index >= 15 is 0 Å². The SMILES string of the molecule is O=C1NCC(C2CCC(F)CC2)C12CCCNC2. The summed E-state index contributed by atoms with van der Waals surface area (Å²) in [7, 11) is 0. The molecule has 0 radical (unpaired) electrons. The van der Waals surface area contributed by atoms with Crippen molar-refractivity contribution >= 4 is 5.91 Å². The molecule has 1 saturated carbocycles. The highest BCUT2D eigenvalue weighted by Gasteiger charge is 2.53. The summed E-state index contributed by atoms with van der Waals surface area (Å²) >= 11 is 0. The van der Waals surface area contributed by atoms with Gasteiger partial charge in [-0.25, -0.2) is 4.39 Å². The standard InChI is InChI=1S/C14H23FN2O/c15-11-4-2-10(3-5-11)12-8-17-13(18)14(12)6-1-7-16-9-14/h10-12,16H,1-9H2,(H,17,18). The molecule has 102 valence electrons. The lowest BCUT2D eigenvalue weighted by Gasteiger charge is -2.41. The van der Waals surface area contributed by atoms with E-state index in [9.17, 15) is 9.18 Å². The van der Waals surface area contributed by atoms with Crippen molar-refractivity contribution in [2.75, 3.05) is 19.6 Å². The zero-order valence-corrected chi connectivity index (χ0v) is 10.9. The van der Waals surface area contributed by atoms with Gasteiger partial charge in [-0.05, 0) is 56.9 Å². The van der Waals surface area contributed by atoms with E-state index in [4.69, 9.17) is 0 Å². The molecule has 1 aliphatic carbocycles. The lowest BCUT2D eigenvalue weighted by molar-refractivity contribution is -0.131. The first kappa shape index (κ1) is 12.4. The van der Waals surface area contributed by atoms with Gasteiger partial charge in [-0.2, -0.15) is 0 Å². The Bertz CT molecular complexity index is 320. The Morgan fingerprint density at radius 3 is 2.67 bits per heavy atom. The first-order valence-electron chi connectivity index (χ1n) is 7.35. The van der Waals surface area contributed by atoms with Crippen LogP contribution in [0, 0.1) is 17.3 Å². The Morgan fingerprint density at radius 2 is 2.00 bits per heavy atom. The molecule has 3 nitrogen and oxygen atoms in total. The monoisotopic (exact) mass is 254 g/mol. The van der Waals surface area contributed by atoms with Crippen LogP contribution in [-0.2, 0) is 4.79 Å². The maximum Gasteiger partial charge on any atom is 0.227 e. The van der Waals surface area contributed by atoms with Crippen molar-refractivity contribution < 1.29 is 9.18 Å². The highest BCUT2D eigenvalue weighted by atomic mass is 19.1. The highest BCUT2D eigenvalue weighted by Crippen LogP contribution is 2.46. The normalized spacial score (nSPS) is 45.2. The van der Waals surface area contributed by atoms with Crippen LogP contribution in [0.15, 0.2) is 0 Å². The molecular formula is C14H23FN2O. The molecule has 2 heterocycles. The number of carbonyl (C=O) groups is 1. The molecule has 0 aromatic rings. The van der Waals surface area contributed by atoms with Crippen molar-refractivity contribution in [3.63, 3.8) is 0 Å².